The zero-order chi connectivity index (χ0) is 8.54. The van der Waals surface area contributed by atoms with Crippen molar-refractivity contribution in [2.45, 2.75) is 11.7 Å². The average Bonchev–Trinajstić information content (AvgIpc) is 2.31. The van der Waals surface area contributed by atoms with Gasteiger partial charge in [0, 0.05) is 0 Å². The molecule has 0 aromatic heterocycles. The second-order valence-electron chi connectivity index (χ2n) is 2.10. The first-order valence-electron chi connectivity index (χ1n) is 3.01. The van der Waals surface area contributed by atoms with Crippen LogP contribution in [-0.4, -0.2) is 18.5 Å². The molecule has 1 rings (SSSR count). The van der Waals surface area contributed by atoms with E-state index in [-0.39, 0.29) is 0 Å². The summed E-state index contributed by atoms with van der Waals surface area (Å²) < 4.78 is 35.0. The van der Waals surface area contributed by atoms with E-state index in [1.54, 1.807) is 0 Å². The van der Waals surface area contributed by atoms with Gasteiger partial charge in [-0.25, -0.2) is 8.78 Å². The first-order chi connectivity index (χ1) is 5.08. The predicted molar refractivity (Wildman–Crippen MR) is 35.1 cm³/mol. The lowest BCUT2D eigenvalue weighted by Crippen LogP contribution is -2.41. The third-order valence-electron chi connectivity index (χ3n) is 1.53. The fourth-order valence-corrected chi connectivity index (χ4v) is 0.794. The summed E-state index contributed by atoms with van der Waals surface area (Å²) in [6.45, 7) is 5.74. The maximum absolute atomic E-state index is 13.2. The molecule has 0 N–H and O–H groups in total. The maximum atomic E-state index is 13.2. The van der Waals surface area contributed by atoms with Crippen molar-refractivity contribution < 1.29 is 18.3 Å². The van der Waals surface area contributed by atoms with Gasteiger partial charge in [0.15, 0.2) is 6.79 Å². The van der Waals surface area contributed by atoms with Gasteiger partial charge in [0.1, 0.15) is 0 Å². The molecule has 0 saturated carbocycles. The smallest absolute Gasteiger partial charge is 0.293 e. The molecule has 1 heterocycles. The molecule has 1 fully saturated rings. The standard InChI is InChI=1S/C7H8F2O2/c1-3-6(8)7(9,4-2)11-5-10-6/h3-4H,1-2,5H2. The van der Waals surface area contributed by atoms with Crippen LogP contribution in [0.2, 0.25) is 0 Å². The van der Waals surface area contributed by atoms with Gasteiger partial charge < -0.3 is 9.47 Å². The summed E-state index contributed by atoms with van der Waals surface area (Å²) in [5.74, 6) is -5.20. The Morgan fingerprint density at radius 3 is 1.73 bits per heavy atom. The van der Waals surface area contributed by atoms with Crippen LogP contribution in [0.3, 0.4) is 0 Å². The van der Waals surface area contributed by atoms with Crippen LogP contribution in [0.15, 0.2) is 25.3 Å². The van der Waals surface area contributed by atoms with Crippen LogP contribution < -0.4 is 0 Å². The predicted octanol–water partition coefficient (Wildman–Crippen LogP) is 1.69. The van der Waals surface area contributed by atoms with Crippen molar-refractivity contribution in [3.8, 4) is 0 Å². The Hall–Kier alpha value is -0.740. The molecule has 0 spiro atoms. The summed E-state index contributed by atoms with van der Waals surface area (Å²) in [6.07, 6.45) is 1.42. The highest BCUT2D eigenvalue weighted by Crippen LogP contribution is 2.40. The zero-order valence-electron chi connectivity index (χ0n) is 5.85. The number of hydrogen-bond acceptors (Lipinski definition) is 2. The first kappa shape index (κ1) is 8.36. The Labute approximate surface area is 63.1 Å². The molecule has 0 aromatic rings. The monoisotopic (exact) mass is 162 g/mol. The van der Waals surface area contributed by atoms with E-state index in [0.717, 1.165) is 0 Å². The van der Waals surface area contributed by atoms with Crippen LogP contribution in [0.5, 0.6) is 0 Å². The summed E-state index contributed by atoms with van der Waals surface area (Å²) in [6, 6.07) is 0. The number of hydrogen-bond donors (Lipinski definition) is 0. The highest BCUT2D eigenvalue weighted by Gasteiger charge is 2.57. The Kier molecular flexibility index (Phi) is 1.82. The van der Waals surface area contributed by atoms with Crippen molar-refractivity contribution in [3.05, 3.63) is 25.3 Å². The van der Waals surface area contributed by atoms with Gasteiger partial charge in [-0.15, -0.1) is 0 Å². The summed E-state index contributed by atoms with van der Waals surface area (Å²) in [5.41, 5.74) is 0. The van der Waals surface area contributed by atoms with Crippen LogP contribution in [0.1, 0.15) is 0 Å². The second-order valence-corrected chi connectivity index (χ2v) is 2.10. The van der Waals surface area contributed by atoms with Crippen LogP contribution in [0, 0.1) is 0 Å². The molecule has 1 aliphatic heterocycles. The number of halogens is 2. The molecule has 0 bridgehead atoms. The lowest BCUT2D eigenvalue weighted by atomic mass is 10.1. The van der Waals surface area contributed by atoms with Crippen molar-refractivity contribution >= 4 is 0 Å². The number of rotatable bonds is 2. The van der Waals surface area contributed by atoms with Crippen molar-refractivity contribution in [2.75, 3.05) is 6.79 Å². The molecular formula is C7H8F2O2. The first-order valence-corrected chi connectivity index (χ1v) is 3.01. The highest BCUT2D eigenvalue weighted by atomic mass is 19.2. The highest BCUT2D eigenvalue weighted by molar-refractivity contribution is 5.10. The summed E-state index contributed by atoms with van der Waals surface area (Å²) in [4.78, 5) is 0. The van der Waals surface area contributed by atoms with Crippen LogP contribution >= 0.6 is 0 Å². The van der Waals surface area contributed by atoms with E-state index in [1.165, 1.54) is 0 Å². The minimum absolute atomic E-state index is 0.439. The summed E-state index contributed by atoms with van der Waals surface area (Å²) in [5, 5.41) is 0. The molecule has 0 amide bonds. The Balaban J connectivity index is 2.96. The van der Waals surface area contributed by atoms with E-state index in [9.17, 15) is 8.78 Å². The van der Waals surface area contributed by atoms with Gasteiger partial charge in [-0.1, -0.05) is 13.2 Å². The van der Waals surface area contributed by atoms with Gasteiger partial charge in [0.25, 0.3) is 11.7 Å². The molecule has 2 atom stereocenters. The van der Waals surface area contributed by atoms with Crippen LogP contribution in [0.25, 0.3) is 0 Å². The molecule has 1 aliphatic rings. The van der Waals surface area contributed by atoms with Gasteiger partial charge in [-0.3, -0.25) is 0 Å². The Morgan fingerprint density at radius 1 is 1.09 bits per heavy atom. The van der Waals surface area contributed by atoms with Gasteiger partial charge in [-0.05, 0) is 12.2 Å². The lowest BCUT2D eigenvalue weighted by molar-refractivity contribution is -0.152. The maximum Gasteiger partial charge on any atom is 0.293 e. The zero-order valence-corrected chi connectivity index (χ0v) is 5.85. The topological polar surface area (TPSA) is 18.5 Å². The molecule has 11 heavy (non-hydrogen) atoms. The van der Waals surface area contributed by atoms with Gasteiger partial charge in [0.2, 0.25) is 0 Å². The van der Waals surface area contributed by atoms with E-state index in [0.29, 0.717) is 12.2 Å². The van der Waals surface area contributed by atoms with Crippen LogP contribution in [-0.2, 0) is 9.47 Å². The average molecular weight is 162 g/mol. The minimum Gasteiger partial charge on any atom is -0.311 e. The molecule has 0 aromatic carbocycles. The Bertz CT molecular complexity index is 175. The molecule has 2 unspecified atom stereocenters. The van der Waals surface area contributed by atoms with Crippen molar-refractivity contribution in [1.29, 1.82) is 0 Å². The van der Waals surface area contributed by atoms with Gasteiger partial charge in [-0.2, -0.15) is 0 Å². The molecule has 2 nitrogen and oxygen atoms in total. The van der Waals surface area contributed by atoms with Crippen molar-refractivity contribution in [1.82, 2.24) is 0 Å². The van der Waals surface area contributed by atoms with Crippen molar-refractivity contribution in [3.63, 3.8) is 0 Å². The fraction of sp³-hybridized carbons (Fsp3) is 0.429. The third-order valence-corrected chi connectivity index (χ3v) is 1.53. The molecule has 0 aliphatic carbocycles. The fourth-order valence-electron chi connectivity index (χ4n) is 0.794. The van der Waals surface area contributed by atoms with E-state index in [4.69, 9.17) is 0 Å². The molecule has 0 radical (unpaired) electrons. The van der Waals surface area contributed by atoms with Crippen LogP contribution in [0.4, 0.5) is 8.78 Å². The molecule has 1 saturated heterocycles. The summed E-state index contributed by atoms with van der Waals surface area (Å²) >= 11 is 0. The van der Waals surface area contributed by atoms with E-state index in [1.807, 2.05) is 0 Å². The molecule has 4 heteroatoms. The molecule has 62 valence electrons. The molecular weight excluding hydrogens is 154 g/mol. The number of alkyl halides is 2. The summed E-state index contributed by atoms with van der Waals surface area (Å²) in [7, 11) is 0. The SMILES string of the molecule is C=CC1(F)OCOC1(F)C=C. The Morgan fingerprint density at radius 2 is 1.45 bits per heavy atom. The van der Waals surface area contributed by atoms with Gasteiger partial charge in [0.05, 0.1) is 0 Å². The quantitative estimate of drug-likeness (QED) is 0.575. The van der Waals surface area contributed by atoms with E-state index >= 15 is 0 Å². The van der Waals surface area contributed by atoms with E-state index < -0.39 is 18.5 Å². The lowest BCUT2D eigenvalue weighted by Gasteiger charge is -2.23. The third kappa shape index (κ3) is 0.985. The van der Waals surface area contributed by atoms with Crippen molar-refractivity contribution in [2.24, 2.45) is 0 Å². The largest absolute Gasteiger partial charge is 0.311 e. The van der Waals surface area contributed by atoms with E-state index in [2.05, 4.69) is 22.6 Å². The normalized spacial score (nSPS) is 43.8. The number of ether oxygens (including phenoxy) is 2. The van der Waals surface area contributed by atoms with Gasteiger partial charge >= 0.3 is 0 Å². The second kappa shape index (κ2) is 2.39. The minimum atomic E-state index is -2.60.